The Balaban J connectivity index is 2.09. The van der Waals surface area contributed by atoms with Crippen LogP contribution >= 0.6 is 0 Å². The van der Waals surface area contributed by atoms with Gasteiger partial charge in [-0.05, 0) is 32.2 Å². The van der Waals surface area contributed by atoms with Crippen LogP contribution in [0.1, 0.15) is 25.7 Å². The molecule has 0 saturated carbocycles. The minimum atomic E-state index is 0.280. The zero-order valence-electron chi connectivity index (χ0n) is 8.33. The number of aliphatic hydroxyl groups excluding tert-OH is 1. The fourth-order valence-electron chi connectivity index (χ4n) is 3.07. The highest BCUT2D eigenvalue weighted by Crippen LogP contribution is 2.42. The Morgan fingerprint density at radius 1 is 1.54 bits per heavy atom. The van der Waals surface area contributed by atoms with Crippen molar-refractivity contribution in [1.82, 2.24) is 4.90 Å². The highest BCUT2D eigenvalue weighted by atomic mass is 16.5. The molecule has 2 saturated heterocycles. The van der Waals surface area contributed by atoms with E-state index in [0.29, 0.717) is 12.6 Å². The van der Waals surface area contributed by atoms with Gasteiger partial charge in [-0.2, -0.15) is 0 Å². The molecule has 2 heterocycles. The van der Waals surface area contributed by atoms with E-state index < -0.39 is 0 Å². The van der Waals surface area contributed by atoms with Gasteiger partial charge in [-0.15, -0.1) is 0 Å². The Kier molecular flexibility index (Phi) is 2.58. The number of hydrogen-bond donors (Lipinski definition) is 1. The highest BCUT2D eigenvalue weighted by Gasteiger charge is 2.48. The summed E-state index contributed by atoms with van der Waals surface area (Å²) in [5.74, 6) is 0. The first-order valence-corrected chi connectivity index (χ1v) is 5.19. The molecule has 2 aliphatic heterocycles. The molecule has 1 N–H and O–H groups in total. The Morgan fingerprint density at radius 2 is 2.38 bits per heavy atom. The lowest BCUT2D eigenvalue weighted by Crippen LogP contribution is -2.46. The minimum Gasteiger partial charge on any atom is -0.395 e. The van der Waals surface area contributed by atoms with Crippen molar-refractivity contribution < 1.29 is 9.84 Å². The van der Waals surface area contributed by atoms with Gasteiger partial charge in [0, 0.05) is 18.7 Å². The summed E-state index contributed by atoms with van der Waals surface area (Å²) in [4.78, 5) is 2.47. The number of aliphatic hydroxyl groups is 1. The summed E-state index contributed by atoms with van der Waals surface area (Å²) in [7, 11) is 1.78. The Morgan fingerprint density at radius 3 is 3.08 bits per heavy atom. The molecule has 2 aliphatic rings. The molecule has 0 aliphatic carbocycles. The fourth-order valence-corrected chi connectivity index (χ4v) is 3.07. The van der Waals surface area contributed by atoms with Crippen molar-refractivity contribution in [2.24, 2.45) is 0 Å². The Bertz CT molecular complexity index is 186. The van der Waals surface area contributed by atoms with Crippen LogP contribution in [-0.2, 0) is 4.74 Å². The average Bonchev–Trinajstić information content (AvgIpc) is 2.62. The molecule has 0 aromatic heterocycles. The van der Waals surface area contributed by atoms with Crippen molar-refractivity contribution in [2.45, 2.75) is 37.3 Å². The van der Waals surface area contributed by atoms with Gasteiger partial charge >= 0.3 is 0 Å². The van der Waals surface area contributed by atoms with Crippen LogP contribution in [0.25, 0.3) is 0 Å². The van der Waals surface area contributed by atoms with Crippen molar-refractivity contribution in [1.29, 1.82) is 0 Å². The smallest absolute Gasteiger partial charge is 0.0646 e. The lowest BCUT2D eigenvalue weighted by Gasteiger charge is -2.33. The van der Waals surface area contributed by atoms with Gasteiger partial charge in [-0.1, -0.05) is 0 Å². The first-order valence-electron chi connectivity index (χ1n) is 5.19. The number of methoxy groups -OCH3 is 1. The molecule has 2 rings (SSSR count). The largest absolute Gasteiger partial charge is 0.395 e. The summed E-state index contributed by atoms with van der Waals surface area (Å²) in [6.45, 7) is 2.30. The lowest BCUT2D eigenvalue weighted by molar-refractivity contribution is 0.0374. The maximum atomic E-state index is 9.21. The summed E-state index contributed by atoms with van der Waals surface area (Å²) in [5, 5.41) is 9.21. The molecule has 76 valence electrons. The Labute approximate surface area is 79.7 Å². The molecule has 0 radical (unpaired) electrons. The van der Waals surface area contributed by atoms with E-state index in [0.717, 1.165) is 19.6 Å². The van der Waals surface area contributed by atoms with Gasteiger partial charge in [-0.3, -0.25) is 4.90 Å². The van der Waals surface area contributed by atoms with E-state index in [2.05, 4.69) is 4.90 Å². The summed E-state index contributed by atoms with van der Waals surface area (Å²) in [6.07, 6.45) is 4.85. The molecule has 2 atom stereocenters. The summed E-state index contributed by atoms with van der Waals surface area (Å²) in [5.41, 5.74) is 0.280. The van der Waals surface area contributed by atoms with Gasteiger partial charge in [0.25, 0.3) is 0 Å². The normalized spacial score (nSPS) is 39.7. The van der Waals surface area contributed by atoms with E-state index in [9.17, 15) is 5.11 Å². The lowest BCUT2D eigenvalue weighted by atomic mass is 9.95. The zero-order chi connectivity index (χ0) is 9.31. The molecular weight excluding hydrogens is 166 g/mol. The minimum absolute atomic E-state index is 0.280. The van der Waals surface area contributed by atoms with E-state index in [1.165, 1.54) is 19.3 Å². The zero-order valence-corrected chi connectivity index (χ0v) is 8.33. The number of nitrogens with zero attached hydrogens (tertiary/aromatic N) is 1. The molecular formula is C10H19NO2. The van der Waals surface area contributed by atoms with Crippen molar-refractivity contribution >= 4 is 0 Å². The summed E-state index contributed by atoms with van der Waals surface area (Å²) >= 11 is 0. The maximum Gasteiger partial charge on any atom is 0.0646 e. The molecule has 0 amide bonds. The molecule has 2 unspecified atom stereocenters. The second-order valence-electron chi connectivity index (χ2n) is 4.33. The molecule has 3 heteroatoms. The molecule has 0 spiro atoms. The number of rotatable bonds is 3. The first kappa shape index (κ1) is 9.44. The fraction of sp³-hybridized carbons (Fsp3) is 1.00. The predicted octanol–water partition coefficient (Wildman–Crippen LogP) is 0.622. The van der Waals surface area contributed by atoms with Crippen molar-refractivity contribution in [3.05, 3.63) is 0 Å². The predicted molar refractivity (Wildman–Crippen MR) is 50.7 cm³/mol. The van der Waals surface area contributed by atoms with Gasteiger partial charge in [0.05, 0.1) is 13.2 Å². The number of fused-ring (bicyclic) bond motifs is 1. The van der Waals surface area contributed by atoms with Crippen LogP contribution in [0.15, 0.2) is 0 Å². The van der Waals surface area contributed by atoms with Crippen LogP contribution in [0.2, 0.25) is 0 Å². The summed E-state index contributed by atoms with van der Waals surface area (Å²) in [6, 6.07) is 0.401. The third-order valence-electron chi connectivity index (χ3n) is 3.66. The first-order chi connectivity index (χ1) is 6.32. The van der Waals surface area contributed by atoms with Gasteiger partial charge in [0.2, 0.25) is 0 Å². The van der Waals surface area contributed by atoms with Gasteiger partial charge < -0.3 is 9.84 Å². The standard InChI is InChI=1S/C10H19NO2/c1-13-8-10-4-2-6-11(10)9(7-12)3-5-10/h9,12H,2-8H2,1H3. The monoisotopic (exact) mass is 185 g/mol. The van der Waals surface area contributed by atoms with Crippen LogP contribution in [-0.4, -0.2) is 48.5 Å². The third kappa shape index (κ3) is 1.39. The van der Waals surface area contributed by atoms with Crippen molar-refractivity contribution in [3.63, 3.8) is 0 Å². The van der Waals surface area contributed by atoms with Crippen molar-refractivity contribution in [3.8, 4) is 0 Å². The average molecular weight is 185 g/mol. The molecule has 2 fully saturated rings. The number of ether oxygens (including phenoxy) is 1. The van der Waals surface area contributed by atoms with Crippen LogP contribution in [0.5, 0.6) is 0 Å². The van der Waals surface area contributed by atoms with E-state index in [4.69, 9.17) is 4.74 Å². The Hall–Kier alpha value is -0.120. The van der Waals surface area contributed by atoms with E-state index >= 15 is 0 Å². The molecule has 0 bridgehead atoms. The van der Waals surface area contributed by atoms with Gasteiger partial charge in [0.15, 0.2) is 0 Å². The van der Waals surface area contributed by atoms with Crippen molar-refractivity contribution in [2.75, 3.05) is 26.9 Å². The maximum absolute atomic E-state index is 9.21. The second kappa shape index (κ2) is 3.56. The third-order valence-corrected chi connectivity index (χ3v) is 3.66. The molecule has 0 aromatic carbocycles. The number of hydrogen-bond acceptors (Lipinski definition) is 3. The van der Waals surface area contributed by atoms with Gasteiger partial charge in [0.1, 0.15) is 0 Å². The van der Waals surface area contributed by atoms with Crippen LogP contribution in [0, 0.1) is 0 Å². The SMILES string of the molecule is COCC12CCCN1C(CO)CC2. The molecule has 13 heavy (non-hydrogen) atoms. The van der Waals surface area contributed by atoms with Crippen LogP contribution in [0.3, 0.4) is 0 Å². The van der Waals surface area contributed by atoms with Gasteiger partial charge in [-0.25, -0.2) is 0 Å². The van der Waals surface area contributed by atoms with E-state index in [1.807, 2.05) is 0 Å². The molecule has 3 nitrogen and oxygen atoms in total. The highest BCUT2D eigenvalue weighted by molar-refractivity contribution is 5.04. The quantitative estimate of drug-likeness (QED) is 0.699. The topological polar surface area (TPSA) is 32.7 Å². The molecule has 0 aromatic rings. The second-order valence-corrected chi connectivity index (χ2v) is 4.33. The van der Waals surface area contributed by atoms with Crippen LogP contribution in [0.4, 0.5) is 0 Å². The van der Waals surface area contributed by atoms with E-state index in [1.54, 1.807) is 7.11 Å². The summed E-state index contributed by atoms with van der Waals surface area (Å²) < 4.78 is 5.30. The van der Waals surface area contributed by atoms with Crippen LogP contribution < -0.4 is 0 Å². The van der Waals surface area contributed by atoms with E-state index in [-0.39, 0.29) is 5.54 Å².